The van der Waals surface area contributed by atoms with Gasteiger partial charge >= 0.3 is 0 Å². The van der Waals surface area contributed by atoms with E-state index in [1.807, 2.05) is 31.2 Å². The minimum atomic E-state index is 0.238. The molecule has 0 amide bonds. The van der Waals surface area contributed by atoms with E-state index in [1.165, 1.54) is 0 Å². The maximum Gasteiger partial charge on any atom is 0.271 e. The van der Waals surface area contributed by atoms with Gasteiger partial charge in [0, 0.05) is 5.56 Å². The normalized spacial score (nSPS) is 10.1. The van der Waals surface area contributed by atoms with E-state index in [0.29, 0.717) is 5.76 Å². The summed E-state index contributed by atoms with van der Waals surface area (Å²) in [7, 11) is 0. The molecule has 0 atom stereocenters. The van der Waals surface area contributed by atoms with Crippen LogP contribution < -0.4 is 0 Å². The molecule has 0 unspecified atom stereocenters. The monoisotopic (exact) mass is 185 g/mol. The number of benzene rings is 1. The highest BCUT2D eigenvalue weighted by Crippen LogP contribution is 2.22. The van der Waals surface area contributed by atoms with Crippen LogP contribution in [-0.2, 0) is 4.79 Å². The van der Waals surface area contributed by atoms with E-state index in [2.05, 4.69) is 0 Å². The molecule has 2 rings (SSSR count). The fourth-order valence-corrected chi connectivity index (χ4v) is 1.35. The van der Waals surface area contributed by atoms with Gasteiger partial charge in [0.05, 0.1) is 0 Å². The highest BCUT2D eigenvalue weighted by atomic mass is 16.3. The summed E-state index contributed by atoms with van der Waals surface area (Å²) >= 11 is 0. The average molecular weight is 185 g/mol. The molecule has 0 spiro atoms. The molecule has 0 saturated carbocycles. The van der Waals surface area contributed by atoms with Crippen molar-refractivity contribution in [2.75, 3.05) is 0 Å². The molecule has 1 aromatic heterocycles. The Kier molecular flexibility index (Phi) is 2.19. The van der Waals surface area contributed by atoms with Gasteiger partial charge < -0.3 is 4.42 Å². The number of carbonyl (C=O) groups excluding carboxylic acids is 1. The molecule has 14 heavy (non-hydrogen) atoms. The van der Waals surface area contributed by atoms with Gasteiger partial charge in [-0.2, -0.15) is 0 Å². The van der Waals surface area contributed by atoms with Gasteiger partial charge in [-0.3, -0.25) is 4.79 Å². The van der Waals surface area contributed by atoms with Crippen LogP contribution in [0.4, 0.5) is 0 Å². The lowest BCUT2D eigenvalue weighted by atomic mass is 10.1. The Morgan fingerprint density at radius 1 is 1.21 bits per heavy atom. The third-order valence-corrected chi connectivity index (χ3v) is 2.01. The second kappa shape index (κ2) is 3.50. The second-order valence-corrected chi connectivity index (χ2v) is 3.14. The predicted octanol–water partition coefficient (Wildman–Crippen LogP) is 2.71. The van der Waals surface area contributed by atoms with Crippen LogP contribution in [-0.4, -0.2) is 6.29 Å². The smallest absolute Gasteiger partial charge is 0.271 e. The summed E-state index contributed by atoms with van der Waals surface area (Å²) in [5.74, 6) is 0.938. The van der Waals surface area contributed by atoms with Gasteiger partial charge in [-0.25, -0.2) is 0 Å². The van der Waals surface area contributed by atoms with Crippen LogP contribution in [0, 0.1) is 6.92 Å². The molecular weight excluding hydrogens is 176 g/mol. The highest BCUT2D eigenvalue weighted by Gasteiger charge is 2.03. The van der Waals surface area contributed by atoms with Gasteiger partial charge in [0.1, 0.15) is 5.76 Å². The lowest BCUT2D eigenvalue weighted by Gasteiger charge is -1.97. The molecule has 0 aliphatic heterocycles. The van der Waals surface area contributed by atoms with Gasteiger partial charge in [0.15, 0.2) is 5.76 Å². The van der Waals surface area contributed by atoms with Gasteiger partial charge in [-0.05, 0) is 25.1 Å². The third kappa shape index (κ3) is 1.59. The number of furan rings is 1. The summed E-state index contributed by atoms with van der Waals surface area (Å²) in [6.07, 6.45) is 1.72. The van der Waals surface area contributed by atoms with Gasteiger partial charge in [0.2, 0.25) is 0 Å². The van der Waals surface area contributed by atoms with E-state index < -0.39 is 0 Å². The van der Waals surface area contributed by atoms with E-state index in [0.717, 1.165) is 11.1 Å². The molecule has 2 nitrogen and oxygen atoms in total. The van der Waals surface area contributed by atoms with Crippen molar-refractivity contribution in [1.82, 2.24) is 0 Å². The average Bonchev–Trinajstić information content (AvgIpc) is 2.66. The predicted molar refractivity (Wildman–Crippen MR) is 53.7 cm³/mol. The first-order valence-electron chi connectivity index (χ1n) is 4.34. The van der Waals surface area contributed by atoms with E-state index in [9.17, 15) is 4.79 Å². The molecule has 2 aromatic rings. The summed E-state index contributed by atoms with van der Waals surface area (Å²) in [6, 6.07) is 11.3. The van der Waals surface area contributed by atoms with Crippen molar-refractivity contribution < 1.29 is 9.21 Å². The molecule has 1 heterocycles. The zero-order chi connectivity index (χ0) is 9.97. The van der Waals surface area contributed by atoms with Crippen LogP contribution in [0.15, 0.2) is 40.8 Å². The third-order valence-electron chi connectivity index (χ3n) is 2.01. The lowest BCUT2D eigenvalue weighted by molar-refractivity contribution is 0.525. The number of rotatable bonds is 2. The highest BCUT2D eigenvalue weighted by molar-refractivity contribution is 5.73. The van der Waals surface area contributed by atoms with Crippen LogP contribution >= 0.6 is 0 Å². The Hall–Kier alpha value is -1.83. The van der Waals surface area contributed by atoms with Crippen molar-refractivity contribution in [2.45, 2.75) is 6.92 Å². The van der Waals surface area contributed by atoms with E-state index in [-0.39, 0.29) is 5.76 Å². The molecule has 2 heteroatoms. The fourth-order valence-electron chi connectivity index (χ4n) is 1.35. The van der Waals surface area contributed by atoms with Crippen molar-refractivity contribution in [3.05, 3.63) is 47.7 Å². The fraction of sp³-hybridized carbons (Fsp3) is 0.0833. The Balaban J connectivity index is 2.43. The number of aryl methyl sites for hydroxylation is 1. The van der Waals surface area contributed by atoms with Crippen LogP contribution in [0.25, 0.3) is 11.3 Å². The Morgan fingerprint density at radius 2 is 2.07 bits per heavy atom. The van der Waals surface area contributed by atoms with Gasteiger partial charge in [-0.15, -0.1) is 0 Å². The van der Waals surface area contributed by atoms with E-state index in [4.69, 9.17) is 4.42 Å². The van der Waals surface area contributed by atoms with E-state index in [1.54, 1.807) is 18.4 Å². The summed E-state index contributed by atoms with van der Waals surface area (Å²) in [4.78, 5) is 10.3. The molecule has 0 N–H and O–H groups in total. The molecule has 0 saturated heterocycles. The molecule has 0 fully saturated rings. The molecular formula is C12H9O2. The quantitative estimate of drug-likeness (QED) is 0.720. The topological polar surface area (TPSA) is 30.2 Å². The Bertz CT molecular complexity index is 455. The first-order chi connectivity index (χ1) is 6.79. The lowest BCUT2D eigenvalue weighted by Crippen LogP contribution is -1.76. The zero-order valence-corrected chi connectivity index (χ0v) is 7.78. The molecule has 1 aromatic carbocycles. The zero-order valence-electron chi connectivity index (χ0n) is 7.78. The van der Waals surface area contributed by atoms with Gasteiger partial charge in [-0.1, -0.05) is 23.8 Å². The number of hydrogen-bond donors (Lipinski definition) is 0. The van der Waals surface area contributed by atoms with Crippen molar-refractivity contribution in [3.63, 3.8) is 0 Å². The van der Waals surface area contributed by atoms with Crippen molar-refractivity contribution in [2.24, 2.45) is 0 Å². The standard InChI is InChI=1S/C12H9O2/c1-9-3-2-4-10(7-9)12-6-5-11(8-13)14-12/h2-7H,1H3. The van der Waals surface area contributed by atoms with Crippen LogP contribution in [0.3, 0.4) is 0 Å². The Labute approximate surface area is 82.2 Å². The molecule has 0 bridgehead atoms. The molecule has 0 aliphatic rings. The van der Waals surface area contributed by atoms with Crippen LogP contribution in [0.2, 0.25) is 0 Å². The molecule has 69 valence electrons. The molecule has 1 radical (unpaired) electrons. The van der Waals surface area contributed by atoms with Crippen molar-refractivity contribution in [1.29, 1.82) is 0 Å². The second-order valence-electron chi connectivity index (χ2n) is 3.14. The first-order valence-corrected chi connectivity index (χ1v) is 4.34. The van der Waals surface area contributed by atoms with Crippen LogP contribution in [0.5, 0.6) is 0 Å². The molecule has 0 aliphatic carbocycles. The van der Waals surface area contributed by atoms with Gasteiger partial charge in [0.25, 0.3) is 6.29 Å². The Morgan fingerprint density at radius 3 is 2.71 bits per heavy atom. The SMILES string of the molecule is Cc1cccc(-c2ccc([C]=O)o2)c1. The summed E-state index contributed by atoms with van der Waals surface area (Å²) < 4.78 is 5.25. The minimum absolute atomic E-state index is 0.238. The van der Waals surface area contributed by atoms with E-state index >= 15 is 0 Å². The summed E-state index contributed by atoms with van der Waals surface area (Å²) in [6.45, 7) is 2.01. The van der Waals surface area contributed by atoms with Crippen molar-refractivity contribution >= 4 is 6.29 Å². The van der Waals surface area contributed by atoms with Crippen LogP contribution in [0.1, 0.15) is 11.3 Å². The summed E-state index contributed by atoms with van der Waals surface area (Å²) in [5.41, 5.74) is 2.14. The summed E-state index contributed by atoms with van der Waals surface area (Å²) in [5, 5.41) is 0. The first kappa shape index (κ1) is 8.75. The minimum Gasteiger partial charge on any atom is -0.452 e. The number of hydrogen-bond acceptors (Lipinski definition) is 2. The van der Waals surface area contributed by atoms with Crippen molar-refractivity contribution in [3.8, 4) is 11.3 Å². The maximum atomic E-state index is 10.3. The maximum absolute atomic E-state index is 10.3. The largest absolute Gasteiger partial charge is 0.452 e.